The molecule has 2 amide bonds. The van der Waals surface area contributed by atoms with Gasteiger partial charge < -0.3 is 25.6 Å². The first-order chi connectivity index (χ1) is 14.3. The van der Waals surface area contributed by atoms with Crippen LogP contribution in [-0.2, 0) is 22.6 Å². The molecule has 0 radical (unpaired) electrons. The summed E-state index contributed by atoms with van der Waals surface area (Å²) in [5.74, 6) is 0.932. The summed E-state index contributed by atoms with van der Waals surface area (Å²) in [5, 5.41) is 9.11. The van der Waals surface area contributed by atoms with E-state index in [1.54, 1.807) is 0 Å². The van der Waals surface area contributed by atoms with Gasteiger partial charge in [0.25, 0.3) is 0 Å². The molecule has 30 heavy (non-hydrogen) atoms. The number of carbonyl (C=O) groups is 2. The number of benzene rings is 1. The zero-order chi connectivity index (χ0) is 22.0. The maximum absolute atomic E-state index is 11.8. The third-order valence-corrected chi connectivity index (χ3v) is 4.42. The first-order valence-electron chi connectivity index (χ1n) is 10.6. The summed E-state index contributed by atoms with van der Waals surface area (Å²) in [6, 6.07) is 8.21. The Kier molecular flexibility index (Phi) is 8.95. The molecular weight excluding hydrogens is 382 g/mol. The van der Waals surface area contributed by atoms with Gasteiger partial charge >= 0.3 is 6.09 Å². The van der Waals surface area contributed by atoms with Gasteiger partial charge in [0.05, 0.1) is 6.54 Å². The van der Waals surface area contributed by atoms with Gasteiger partial charge in [0.2, 0.25) is 5.91 Å². The van der Waals surface area contributed by atoms with Gasteiger partial charge in [-0.1, -0.05) is 24.3 Å². The Morgan fingerprint density at radius 1 is 1.10 bits per heavy atom. The van der Waals surface area contributed by atoms with Crippen molar-refractivity contribution >= 4 is 18.0 Å². The van der Waals surface area contributed by atoms with Gasteiger partial charge in [-0.3, -0.25) is 4.79 Å². The van der Waals surface area contributed by atoms with Crippen LogP contribution in [0.25, 0.3) is 0 Å². The number of ether oxygens (including phenoxy) is 1. The van der Waals surface area contributed by atoms with Crippen LogP contribution in [0.2, 0.25) is 0 Å². The predicted molar refractivity (Wildman–Crippen MR) is 118 cm³/mol. The lowest BCUT2D eigenvalue weighted by Gasteiger charge is -2.20. The second kappa shape index (κ2) is 11.4. The number of nitrogens with zero attached hydrogens (tertiary/aromatic N) is 2. The van der Waals surface area contributed by atoms with Crippen molar-refractivity contribution < 1.29 is 14.3 Å². The van der Waals surface area contributed by atoms with Crippen molar-refractivity contribution in [2.75, 3.05) is 26.2 Å². The van der Waals surface area contributed by atoms with Crippen molar-refractivity contribution in [2.45, 2.75) is 59.2 Å². The average Bonchev–Trinajstić information content (AvgIpc) is 3.07. The van der Waals surface area contributed by atoms with E-state index in [1.165, 1.54) is 0 Å². The van der Waals surface area contributed by atoms with Crippen molar-refractivity contribution in [2.24, 2.45) is 4.99 Å². The lowest BCUT2D eigenvalue weighted by molar-refractivity contribution is -0.128. The van der Waals surface area contributed by atoms with E-state index in [-0.39, 0.29) is 5.91 Å². The zero-order valence-corrected chi connectivity index (χ0v) is 18.6. The molecule has 2 rings (SSSR count). The Bertz CT molecular complexity index is 725. The van der Waals surface area contributed by atoms with E-state index in [1.807, 2.05) is 44.7 Å². The third-order valence-electron chi connectivity index (χ3n) is 4.42. The van der Waals surface area contributed by atoms with Crippen molar-refractivity contribution in [1.82, 2.24) is 20.9 Å². The Balaban J connectivity index is 1.77. The van der Waals surface area contributed by atoms with Crippen LogP contribution in [0.4, 0.5) is 4.79 Å². The molecule has 8 nitrogen and oxygen atoms in total. The third kappa shape index (κ3) is 8.71. The summed E-state index contributed by atoms with van der Waals surface area (Å²) < 4.78 is 5.21. The fourth-order valence-electron chi connectivity index (χ4n) is 3.01. The van der Waals surface area contributed by atoms with Crippen LogP contribution < -0.4 is 16.0 Å². The van der Waals surface area contributed by atoms with Crippen LogP contribution >= 0.6 is 0 Å². The molecule has 1 heterocycles. The van der Waals surface area contributed by atoms with Crippen molar-refractivity contribution in [3.05, 3.63) is 35.4 Å². The second-order valence-corrected chi connectivity index (χ2v) is 8.29. The molecule has 0 aromatic heterocycles. The molecule has 0 bridgehead atoms. The number of rotatable bonds is 8. The number of nitrogens with one attached hydrogen (secondary N) is 3. The highest BCUT2D eigenvalue weighted by molar-refractivity contribution is 5.80. The number of aliphatic imine (C=N–C) groups is 1. The summed E-state index contributed by atoms with van der Waals surface area (Å²) in [6.45, 7) is 11.3. The number of hydrogen-bond donors (Lipinski definition) is 3. The summed E-state index contributed by atoms with van der Waals surface area (Å²) in [4.78, 5) is 29.9. The van der Waals surface area contributed by atoms with Gasteiger partial charge in [-0.2, -0.15) is 0 Å². The highest BCUT2D eigenvalue weighted by atomic mass is 16.6. The highest BCUT2D eigenvalue weighted by Gasteiger charge is 2.19. The molecule has 3 N–H and O–H groups in total. The van der Waals surface area contributed by atoms with Crippen molar-refractivity contribution in [3.8, 4) is 0 Å². The molecule has 0 unspecified atom stereocenters. The molecule has 0 saturated carbocycles. The van der Waals surface area contributed by atoms with Gasteiger partial charge in [-0.25, -0.2) is 9.79 Å². The van der Waals surface area contributed by atoms with E-state index >= 15 is 0 Å². The molecular formula is C22H35N5O3. The topological polar surface area (TPSA) is 95.1 Å². The minimum Gasteiger partial charge on any atom is -0.444 e. The van der Waals surface area contributed by atoms with Crippen LogP contribution in [0.5, 0.6) is 0 Å². The van der Waals surface area contributed by atoms with Gasteiger partial charge in [-0.15, -0.1) is 0 Å². The van der Waals surface area contributed by atoms with Crippen LogP contribution in [0, 0.1) is 0 Å². The first-order valence-corrected chi connectivity index (χ1v) is 10.6. The number of amides is 2. The second-order valence-electron chi connectivity index (χ2n) is 8.29. The molecule has 1 fully saturated rings. The van der Waals surface area contributed by atoms with Gasteiger partial charge in [0, 0.05) is 39.1 Å². The highest BCUT2D eigenvalue weighted by Crippen LogP contribution is 2.15. The molecule has 1 aromatic rings. The largest absolute Gasteiger partial charge is 0.444 e. The molecule has 1 saturated heterocycles. The number of alkyl carbamates (subject to hydrolysis) is 1. The fourth-order valence-corrected chi connectivity index (χ4v) is 3.01. The first kappa shape index (κ1) is 23.5. The molecule has 1 aromatic carbocycles. The molecule has 8 heteroatoms. The van der Waals surface area contributed by atoms with E-state index in [4.69, 9.17) is 4.74 Å². The minimum atomic E-state index is -0.506. The maximum Gasteiger partial charge on any atom is 0.407 e. The monoisotopic (exact) mass is 417 g/mol. The lowest BCUT2D eigenvalue weighted by Crippen LogP contribution is -2.42. The quantitative estimate of drug-likeness (QED) is 0.343. The minimum absolute atomic E-state index is 0.242. The average molecular weight is 418 g/mol. The summed E-state index contributed by atoms with van der Waals surface area (Å²) in [5.41, 5.74) is 1.72. The molecule has 0 spiro atoms. The zero-order valence-electron chi connectivity index (χ0n) is 18.6. The smallest absolute Gasteiger partial charge is 0.407 e. The Morgan fingerprint density at radius 2 is 1.77 bits per heavy atom. The van der Waals surface area contributed by atoms with E-state index in [0.29, 0.717) is 38.6 Å². The number of likely N-dealkylation sites (tertiary alicyclic amines) is 1. The Labute approximate surface area is 179 Å². The summed E-state index contributed by atoms with van der Waals surface area (Å²) in [6.07, 6.45) is 1.20. The van der Waals surface area contributed by atoms with Crippen molar-refractivity contribution in [1.29, 1.82) is 0 Å². The van der Waals surface area contributed by atoms with E-state index < -0.39 is 11.7 Å². The van der Waals surface area contributed by atoms with Crippen molar-refractivity contribution in [3.63, 3.8) is 0 Å². The number of guanidine groups is 1. The van der Waals surface area contributed by atoms with Crippen LogP contribution in [0.15, 0.2) is 29.3 Å². The number of hydrogen-bond acceptors (Lipinski definition) is 4. The molecule has 0 atom stereocenters. The van der Waals surface area contributed by atoms with Gasteiger partial charge in [0.15, 0.2) is 5.96 Å². The normalized spacial score (nSPS) is 14.6. The summed E-state index contributed by atoms with van der Waals surface area (Å²) in [7, 11) is 0. The molecule has 166 valence electrons. The van der Waals surface area contributed by atoms with Crippen LogP contribution in [0.3, 0.4) is 0 Å². The SMILES string of the molecule is CCNC(=NCc1ccc(CN2CCCC2=O)cc1)NCCNC(=O)OC(C)(C)C. The van der Waals surface area contributed by atoms with Gasteiger partial charge in [-0.05, 0) is 45.2 Å². The van der Waals surface area contributed by atoms with E-state index in [2.05, 4.69) is 33.1 Å². The van der Waals surface area contributed by atoms with Gasteiger partial charge in [0.1, 0.15) is 5.60 Å². The lowest BCUT2D eigenvalue weighted by atomic mass is 10.1. The fraction of sp³-hybridized carbons (Fsp3) is 0.591. The maximum atomic E-state index is 11.8. The predicted octanol–water partition coefficient (Wildman–Crippen LogP) is 2.39. The summed E-state index contributed by atoms with van der Waals surface area (Å²) >= 11 is 0. The van der Waals surface area contributed by atoms with E-state index in [9.17, 15) is 9.59 Å². The molecule has 0 aliphatic carbocycles. The number of carbonyl (C=O) groups excluding carboxylic acids is 2. The standard InChI is InChI=1S/C22H35N5O3/c1-5-23-20(24-12-13-25-21(29)30-22(2,3)4)26-15-17-8-10-18(11-9-17)16-27-14-6-7-19(27)28/h8-11H,5-7,12-16H2,1-4H3,(H,25,29)(H2,23,24,26). The van der Waals surface area contributed by atoms with Crippen LogP contribution in [0.1, 0.15) is 51.7 Å². The Hall–Kier alpha value is -2.77. The van der Waals surface area contributed by atoms with E-state index in [0.717, 1.165) is 30.6 Å². The van der Waals surface area contributed by atoms with Crippen LogP contribution in [-0.4, -0.2) is 54.6 Å². The Morgan fingerprint density at radius 3 is 2.37 bits per heavy atom. The molecule has 1 aliphatic heterocycles. The molecule has 1 aliphatic rings.